The lowest BCUT2D eigenvalue weighted by atomic mass is 9.94. The molecule has 0 aromatic heterocycles. The molecule has 82 valence electrons. The predicted octanol–water partition coefficient (Wildman–Crippen LogP) is 1.44. The summed E-state index contributed by atoms with van der Waals surface area (Å²) in [6, 6.07) is 9.22. The van der Waals surface area contributed by atoms with Gasteiger partial charge < -0.3 is 0 Å². The van der Waals surface area contributed by atoms with Crippen LogP contribution in [0.15, 0.2) is 24.3 Å². The highest BCUT2D eigenvalue weighted by atomic mass is 16.2. The van der Waals surface area contributed by atoms with Crippen molar-refractivity contribution < 1.29 is 4.79 Å². The summed E-state index contributed by atoms with van der Waals surface area (Å²) in [6.45, 7) is 4.45. The van der Waals surface area contributed by atoms with Gasteiger partial charge in [-0.1, -0.05) is 0 Å². The molecule has 1 aromatic carbocycles. The Bertz CT molecular complexity index is 456. The summed E-state index contributed by atoms with van der Waals surface area (Å²) in [5.41, 5.74) is 3.96. The van der Waals surface area contributed by atoms with Crippen molar-refractivity contribution in [3.63, 3.8) is 0 Å². The zero-order valence-electron chi connectivity index (χ0n) is 9.32. The van der Waals surface area contributed by atoms with E-state index in [9.17, 15) is 4.79 Å². The van der Waals surface area contributed by atoms with E-state index in [1.54, 1.807) is 12.1 Å². The normalized spacial score (nSPS) is 18.1. The third-order valence-electron chi connectivity index (χ3n) is 2.71. The molecular weight excluding hydrogens is 202 g/mol. The number of nitrogens with zero attached hydrogens (tertiary/aromatic N) is 2. The second-order valence-corrected chi connectivity index (χ2v) is 4.57. The highest BCUT2D eigenvalue weighted by Crippen LogP contribution is 2.26. The molecule has 2 rings (SSSR count). The summed E-state index contributed by atoms with van der Waals surface area (Å²) in [5.74, 6) is 0.0249. The average molecular weight is 215 g/mol. The van der Waals surface area contributed by atoms with Gasteiger partial charge in [-0.3, -0.25) is 15.2 Å². The molecule has 1 heterocycles. The number of rotatable bonds is 1. The largest absolute Gasteiger partial charge is 0.284 e. The van der Waals surface area contributed by atoms with Gasteiger partial charge in [0.2, 0.25) is 5.91 Å². The fourth-order valence-corrected chi connectivity index (χ4v) is 1.65. The molecule has 0 bridgehead atoms. The minimum absolute atomic E-state index is 0.0249. The lowest BCUT2D eigenvalue weighted by Crippen LogP contribution is -2.33. The van der Waals surface area contributed by atoms with Crippen molar-refractivity contribution in [2.24, 2.45) is 5.41 Å². The monoisotopic (exact) mass is 215 g/mol. The zero-order chi connectivity index (χ0) is 11.8. The molecule has 0 radical (unpaired) electrons. The number of hydrogen-bond donors (Lipinski definition) is 1. The van der Waals surface area contributed by atoms with Crippen molar-refractivity contribution >= 4 is 11.6 Å². The molecule has 0 unspecified atom stereocenters. The van der Waals surface area contributed by atoms with Crippen molar-refractivity contribution in [3.8, 4) is 6.07 Å². The molecule has 1 N–H and O–H groups in total. The van der Waals surface area contributed by atoms with E-state index in [4.69, 9.17) is 5.26 Å². The van der Waals surface area contributed by atoms with Crippen LogP contribution >= 0.6 is 0 Å². The summed E-state index contributed by atoms with van der Waals surface area (Å²) >= 11 is 0. The zero-order valence-corrected chi connectivity index (χ0v) is 9.32. The van der Waals surface area contributed by atoms with Gasteiger partial charge in [0.25, 0.3) is 0 Å². The van der Waals surface area contributed by atoms with Crippen molar-refractivity contribution in [1.82, 2.24) is 5.43 Å². The van der Waals surface area contributed by atoms with E-state index in [1.165, 1.54) is 0 Å². The molecule has 1 aliphatic rings. The second kappa shape index (κ2) is 3.53. The van der Waals surface area contributed by atoms with Crippen LogP contribution in [0.3, 0.4) is 0 Å². The van der Waals surface area contributed by atoms with Crippen LogP contribution in [0.1, 0.15) is 19.4 Å². The first kappa shape index (κ1) is 10.5. The number of nitrogens with one attached hydrogen (secondary N) is 1. The van der Waals surface area contributed by atoms with Crippen LogP contribution < -0.4 is 10.4 Å². The first-order chi connectivity index (χ1) is 7.53. The standard InChI is InChI=1S/C12H13N3O/c1-12(2)8-15(14-11(12)16)10-5-3-9(7-13)4-6-10/h3-6H,8H2,1-2H3,(H,14,16). The third-order valence-corrected chi connectivity index (χ3v) is 2.71. The smallest absolute Gasteiger partial charge is 0.246 e. The number of hydrogen-bond acceptors (Lipinski definition) is 3. The number of amides is 1. The van der Waals surface area contributed by atoms with Gasteiger partial charge in [-0.15, -0.1) is 0 Å². The van der Waals surface area contributed by atoms with Crippen LogP contribution in [0.2, 0.25) is 0 Å². The van der Waals surface area contributed by atoms with Gasteiger partial charge in [0.15, 0.2) is 0 Å². The van der Waals surface area contributed by atoms with Crippen LogP contribution in [0.5, 0.6) is 0 Å². The first-order valence-electron chi connectivity index (χ1n) is 5.12. The van der Waals surface area contributed by atoms with E-state index in [2.05, 4.69) is 11.5 Å². The maximum atomic E-state index is 11.6. The Labute approximate surface area is 94.4 Å². The topological polar surface area (TPSA) is 56.1 Å². The Morgan fingerprint density at radius 1 is 1.38 bits per heavy atom. The van der Waals surface area contributed by atoms with Crippen molar-refractivity contribution in [2.75, 3.05) is 11.6 Å². The molecule has 4 nitrogen and oxygen atoms in total. The number of benzene rings is 1. The number of nitriles is 1. The highest BCUT2D eigenvalue weighted by molar-refractivity contribution is 5.87. The molecule has 1 amide bonds. The van der Waals surface area contributed by atoms with Crippen LogP contribution in [0.4, 0.5) is 5.69 Å². The molecule has 0 atom stereocenters. The summed E-state index contributed by atoms with van der Waals surface area (Å²) < 4.78 is 0. The van der Waals surface area contributed by atoms with E-state index < -0.39 is 0 Å². The number of carbonyl (C=O) groups is 1. The second-order valence-electron chi connectivity index (χ2n) is 4.57. The summed E-state index contributed by atoms with van der Waals surface area (Å²) in [4.78, 5) is 11.6. The summed E-state index contributed by atoms with van der Waals surface area (Å²) in [5, 5.41) is 10.5. The minimum atomic E-state index is -0.367. The van der Waals surface area contributed by atoms with Crippen LogP contribution in [-0.2, 0) is 4.79 Å². The van der Waals surface area contributed by atoms with E-state index in [0.717, 1.165) is 5.69 Å². The Morgan fingerprint density at radius 2 is 2.00 bits per heavy atom. The Hall–Kier alpha value is -2.02. The molecule has 0 spiro atoms. The number of hydrazine groups is 1. The van der Waals surface area contributed by atoms with E-state index in [1.807, 2.05) is 31.0 Å². The quantitative estimate of drug-likeness (QED) is 0.771. The fraction of sp³-hybridized carbons (Fsp3) is 0.333. The van der Waals surface area contributed by atoms with E-state index >= 15 is 0 Å². The Balaban J connectivity index is 2.21. The van der Waals surface area contributed by atoms with Gasteiger partial charge in [-0.2, -0.15) is 5.26 Å². The van der Waals surface area contributed by atoms with Crippen LogP contribution in [0.25, 0.3) is 0 Å². The summed E-state index contributed by atoms with van der Waals surface area (Å²) in [6.07, 6.45) is 0. The molecule has 0 aliphatic carbocycles. The predicted molar refractivity (Wildman–Crippen MR) is 60.4 cm³/mol. The lowest BCUT2D eigenvalue weighted by molar-refractivity contribution is -0.125. The van der Waals surface area contributed by atoms with Gasteiger partial charge in [-0.25, -0.2) is 0 Å². The van der Waals surface area contributed by atoms with Crippen LogP contribution in [-0.4, -0.2) is 12.5 Å². The highest BCUT2D eigenvalue weighted by Gasteiger charge is 2.37. The first-order valence-corrected chi connectivity index (χ1v) is 5.12. The number of anilines is 1. The van der Waals surface area contributed by atoms with Gasteiger partial charge in [0.05, 0.1) is 29.3 Å². The van der Waals surface area contributed by atoms with Gasteiger partial charge in [0.1, 0.15) is 0 Å². The van der Waals surface area contributed by atoms with Crippen molar-refractivity contribution in [2.45, 2.75) is 13.8 Å². The summed E-state index contributed by atoms with van der Waals surface area (Å²) in [7, 11) is 0. The Morgan fingerprint density at radius 3 is 2.44 bits per heavy atom. The molecule has 0 saturated carbocycles. The van der Waals surface area contributed by atoms with E-state index in [0.29, 0.717) is 12.1 Å². The van der Waals surface area contributed by atoms with Crippen molar-refractivity contribution in [1.29, 1.82) is 5.26 Å². The van der Waals surface area contributed by atoms with Crippen LogP contribution in [0, 0.1) is 16.7 Å². The van der Waals surface area contributed by atoms with E-state index in [-0.39, 0.29) is 11.3 Å². The van der Waals surface area contributed by atoms with Gasteiger partial charge in [-0.05, 0) is 38.1 Å². The maximum absolute atomic E-state index is 11.6. The van der Waals surface area contributed by atoms with Gasteiger partial charge in [0, 0.05) is 0 Å². The van der Waals surface area contributed by atoms with Gasteiger partial charge >= 0.3 is 0 Å². The molecule has 4 heteroatoms. The maximum Gasteiger partial charge on any atom is 0.246 e. The molecular formula is C12H13N3O. The minimum Gasteiger partial charge on any atom is -0.284 e. The SMILES string of the molecule is CC1(C)CN(c2ccc(C#N)cc2)NC1=O. The van der Waals surface area contributed by atoms with Crippen molar-refractivity contribution in [3.05, 3.63) is 29.8 Å². The molecule has 1 saturated heterocycles. The number of carbonyl (C=O) groups excluding carboxylic acids is 1. The Kier molecular flexibility index (Phi) is 2.31. The fourth-order valence-electron chi connectivity index (χ4n) is 1.65. The molecule has 1 aromatic rings. The molecule has 1 aliphatic heterocycles. The average Bonchev–Trinajstić information content (AvgIpc) is 2.54. The molecule has 1 fully saturated rings. The molecule has 16 heavy (non-hydrogen) atoms. The lowest BCUT2D eigenvalue weighted by Gasteiger charge is -2.18. The third kappa shape index (κ3) is 1.72.